The number of allylic oxidation sites excluding steroid dienone is 4. The molecular formula is C49H90O6. The van der Waals surface area contributed by atoms with Crippen LogP contribution in [0.2, 0.25) is 0 Å². The number of carbonyl (C=O) groups excluding carboxylic acids is 3. The number of ether oxygens (including phenoxy) is 3. The Morgan fingerprint density at radius 2 is 0.600 bits per heavy atom. The Bertz CT molecular complexity index is 896. The summed E-state index contributed by atoms with van der Waals surface area (Å²) in [6, 6.07) is 0. The van der Waals surface area contributed by atoms with Gasteiger partial charge in [-0.25, -0.2) is 0 Å². The molecule has 0 radical (unpaired) electrons. The van der Waals surface area contributed by atoms with Crippen molar-refractivity contribution in [2.24, 2.45) is 0 Å². The van der Waals surface area contributed by atoms with Crippen LogP contribution >= 0.6 is 0 Å². The molecule has 0 rings (SSSR count). The van der Waals surface area contributed by atoms with Crippen molar-refractivity contribution in [1.29, 1.82) is 0 Å². The minimum atomic E-state index is -0.771. The van der Waals surface area contributed by atoms with Crippen molar-refractivity contribution in [3.8, 4) is 0 Å². The molecule has 0 aromatic carbocycles. The van der Waals surface area contributed by atoms with Crippen LogP contribution in [0.4, 0.5) is 0 Å². The van der Waals surface area contributed by atoms with Crippen LogP contribution in [0.1, 0.15) is 252 Å². The molecule has 0 aromatic heterocycles. The first-order valence-corrected chi connectivity index (χ1v) is 23.8. The molecule has 0 aliphatic heterocycles. The number of esters is 3. The summed E-state index contributed by atoms with van der Waals surface area (Å²) in [6.07, 6.45) is 48.9. The topological polar surface area (TPSA) is 78.9 Å². The molecule has 1 atom stereocenters. The Balaban J connectivity index is 4.26. The highest BCUT2D eigenvalue weighted by atomic mass is 16.6. The third-order valence-corrected chi connectivity index (χ3v) is 10.4. The van der Waals surface area contributed by atoms with Crippen LogP contribution in [0.15, 0.2) is 24.3 Å². The van der Waals surface area contributed by atoms with Gasteiger partial charge in [0.25, 0.3) is 0 Å². The van der Waals surface area contributed by atoms with Gasteiger partial charge in [-0.3, -0.25) is 14.4 Å². The molecule has 0 heterocycles. The summed E-state index contributed by atoms with van der Waals surface area (Å²) in [6.45, 7) is 6.56. The molecule has 0 aliphatic rings. The zero-order valence-corrected chi connectivity index (χ0v) is 36.7. The van der Waals surface area contributed by atoms with E-state index in [9.17, 15) is 14.4 Å². The molecule has 6 heteroatoms. The van der Waals surface area contributed by atoms with Gasteiger partial charge in [0.15, 0.2) is 6.10 Å². The number of hydrogen-bond acceptors (Lipinski definition) is 6. The van der Waals surface area contributed by atoms with Crippen LogP contribution in [-0.4, -0.2) is 37.2 Å². The van der Waals surface area contributed by atoms with Gasteiger partial charge in [-0.15, -0.1) is 0 Å². The summed E-state index contributed by atoms with van der Waals surface area (Å²) in [4.78, 5) is 37.6. The second kappa shape index (κ2) is 44.6. The third kappa shape index (κ3) is 42.9. The van der Waals surface area contributed by atoms with Gasteiger partial charge in [-0.1, -0.05) is 186 Å². The number of unbranched alkanes of at least 4 members (excludes halogenated alkanes) is 28. The quantitative estimate of drug-likeness (QED) is 0.0266. The molecule has 0 saturated heterocycles. The largest absolute Gasteiger partial charge is 0.462 e. The summed E-state index contributed by atoms with van der Waals surface area (Å²) in [5, 5.41) is 0. The molecule has 322 valence electrons. The first-order chi connectivity index (χ1) is 27.0. The Morgan fingerprint density at radius 1 is 0.345 bits per heavy atom. The Labute approximate surface area is 341 Å². The molecule has 1 unspecified atom stereocenters. The predicted molar refractivity (Wildman–Crippen MR) is 233 cm³/mol. The molecule has 0 fully saturated rings. The van der Waals surface area contributed by atoms with Gasteiger partial charge in [-0.05, 0) is 70.6 Å². The van der Waals surface area contributed by atoms with Gasteiger partial charge in [-0.2, -0.15) is 0 Å². The normalized spacial score (nSPS) is 12.1. The van der Waals surface area contributed by atoms with Gasteiger partial charge in [0.1, 0.15) is 13.2 Å². The van der Waals surface area contributed by atoms with E-state index in [1.54, 1.807) is 0 Å². The van der Waals surface area contributed by atoms with E-state index in [1.807, 2.05) is 0 Å². The van der Waals surface area contributed by atoms with E-state index in [4.69, 9.17) is 14.2 Å². The van der Waals surface area contributed by atoms with E-state index in [2.05, 4.69) is 45.1 Å². The SMILES string of the molecule is CCCCCCCC/C=C\CCCCCCCC(=O)OC(COC(=O)CCCCCCCC)COC(=O)CCCCCCC/C=C\CCCCCCCCC. The Morgan fingerprint density at radius 3 is 0.909 bits per heavy atom. The summed E-state index contributed by atoms with van der Waals surface area (Å²) >= 11 is 0. The van der Waals surface area contributed by atoms with Crippen LogP contribution < -0.4 is 0 Å². The lowest BCUT2D eigenvalue weighted by Crippen LogP contribution is -2.30. The molecular weight excluding hydrogens is 685 g/mol. The van der Waals surface area contributed by atoms with Gasteiger partial charge < -0.3 is 14.2 Å². The fraction of sp³-hybridized carbons (Fsp3) is 0.857. The second-order valence-electron chi connectivity index (χ2n) is 16.0. The smallest absolute Gasteiger partial charge is 0.306 e. The van der Waals surface area contributed by atoms with E-state index >= 15 is 0 Å². The average molecular weight is 775 g/mol. The summed E-state index contributed by atoms with van der Waals surface area (Å²) in [5.41, 5.74) is 0. The van der Waals surface area contributed by atoms with Crippen LogP contribution in [0.5, 0.6) is 0 Å². The standard InChI is InChI=1S/C49H90O6/c1-4-7-10-13-16-18-20-22-24-26-27-29-31-33-36-39-42-48(51)54-45-46(44-53-47(50)41-38-35-15-12-9-6-3)55-49(52)43-40-37-34-32-30-28-25-23-21-19-17-14-11-8-5-2/h23-26,46H,4-22,27-45H2,1-3H3/b25-23-,26-24-. The van der Waals surface area contributed by atoms with Gasteiger partial charge in [0, 0.05) is 19.3 Å². The predicted octanol–water partition coefficient (Wildman–Crippen LogP) is 15.2. The van der Waals surface area contributed by atoms with E-state index in [0.29, 0.717) is 19.3 Å². The van der Waals surface area contributed by atoms with Crippen molar-refractivity contribution >= 4 is 17.9 Å². The maximum Gasteiger partial charge on any atom is 0.306 e. The maximum absolute atomic E-state index is 12.7. The van der Waals surface area contributed by atoms with Crippen LogP contribution in [0.3, 0.4) is 0 Å². The van der Waals surface area contributed by atoms with Crippen molar-refractivity contribution in [3.05, 3.63) is 24.3 Å². The van der Waals surface area contributed by atoms with Gasteiger partial charge in [0.05, 0.1) is 0 Å². The van der Waals surface area contributed by atoms with E-state index < -0.39 is 6.10 Å². The Kier molecular flexibility index (Phi) is 42.9. The molecule has 0 saturated carbocycles. The molecule has 0 amide bonds. The molecule has 0 aromatic rings. The lowest BCUT2D eigenvalue weighted by molar-refractivity contribution is -0.167. The average Bonchev–Trinajstić information content (AvgIpc) is 3.18. The highest BCUT2D eigenvalue weighted by Crippen LogP contribution is 2.14. The molecule has 0 bridgehead atoms. The second-order valence-corrected chi connectivity index (χ2v) is 16.0. The minimum absolute atomic E-state index is 0.0758. The molecule has 55 heavy (non-hydrogen) atoms. The van der Waals surface area contributed by atoms with Crippen molar-refractivity contribution in [2.45, 2.75) is 258 Å². The first-order valence-electron chi connectivity index (χ1n) is 23.8. The zero-order valence-electron chi connectivity index (χ0n) is 36.7. The van der Waals surface area contributed by atoms with Crippen LogP contribution in [0, 0.1) is 0 Å². The summed E-state index contributed by atoms with van der Waals surface area (Å²) in [7, 11) is 0. The van der Waals surface area contributed by atoms with E-state index in [1.165, 1.54) is 141 Å². The van der Waals surface area contributed by atoms with E-state index in [0.717, 1.165) is 70.6 Å². The maximum atomic E-state index is 12.7. The van der Waals surface area contributed by atoms with Crippen LogP contribution in [0.25, 0.3) is 0 Å². The van der Waals surface area contributed by atoms with E-state index in [-0.39, 0.29) is 31.1 Å². The third-order valence-electron chi connectivity index (χ3n) is 10.4. The highest BCUT2D eigenvalue weighted by molar-refractivity contribution is 5.71. The highest BCUT2D eigenvalue weighted by Gasteiger charge is 2.19. The monoisotopic (exact) mass is 775 g/mol. The van der Waals surface area contributed by atoms with Gasteiger partial charge in [0.2, 0.25) is 0 Å². The molecule has 6 nitrogen and oxygen atoms in total. The van der Waals surface area contributed by atoms with Crippen molar-refractivity contribution in [3.63, 3.8) is 0 Å². The molecule has 0 aliphatic carbocycles. The zero-order chi connectivity index (χ0) is 40.1. The number of hydrogen-bond donors (Lipinski definition) is 0. The minimum Gasteiger partial charge on any atom is -0.462 e. The lowest BCUT2D eigenvalue weighted by atomic mass is 10.1. The Hall–Kier alpha value is -2.11. The fourth-order valence-electron chi connectivity index (χ4n) is 6.78. The van der Waals surface area contributed by atoms with Crippen molar-refractivity contribution in [2.75, 3.05) is 13.2 Å². The molecule has 0 spiro atoms. The summed E-state index contributed by atoms with van der Waals surface area (Å²) < 4.78 is 16.6. The number of carbonyl (C=O) groups is 3. The van der Waals surface area contributed by atoms with Crippen LogP contribution in [-0.2, 0) is 28.6 Å². The molecule has 0 N–H and O–H groups in total. The lowest BCUT2D eigenvalue weighted by Gasteiger charge is -2.18. The fourth-order valence-corrected chi connectivity index (χ4v) is 6.78. The number of rotatable bonds is 43. The van der Waals surface area contributed by atoms with Crippen molar-refractivity contribution in [1.82, 2.24) is 0 Å². The first kappa shape index (κ1) is 52.9. The van der Waals surface area contributed by atoms with Crippen molar-refractivity contribution < 1.29 is 28.6 Å². The summed E-state index contributed by atoms with van der Waals surface area (Å²) in [5.74, 6) is -0.896. The van der Waals surface area contributed by atoms with Gasteiger partial charge >= 0.3 is 17.9 Å².